The Hall–Kier alpha value is -1.52. The zero-order valence-electron chi connectivity index (χ0n) is 7.21. The van der Waals surface area contributed by atoms with Crippen LogP contribution < -0.4 is 11.1 Å². The fraction of sp³-hybridized carbons (Fsp3) is 0.500. The van der Waals surface area contributed by atoms with Crippen molar-refractivity contribution in [3.63, 3.8) is 0 Å². The van der Waals surface area contributed by atoms with Gasteiger partial charge in [0.2, 0.25) is 0 Å². The fourth-order valence-corrected chi connectivity index (χ4v) is 1.10. The number of amides is 1. The van der Waals surface area contributed by atoms with Crippen molar-refractivity contribution < 1.29 is 14.3 Å². The summed E-state index contributed by atoms with van der Waals surface area (Å²) in [5, 5.41) is 2.97. The summed E-state index contributed by atoms with van der Waals surface area (Å²) >= 11 is 0. The van der Waals surface area contributed by atoms with E-state index in [4.69, 9.17) is 5.73 Å². The molecule has 72 valence electrons. The minimum atomic E-state index is -0.779. The molecule has 5 heteroatoms. The standard InChI is InChI=1S/C8H12N2O3/c9-8(12)13-4-3-10-6-1-2-7(11)5-6/h5,10H,1-4H2,(H2,9,12). The smallest absolute Gasteiger partial charge is 0.404 e. The van der Waals surface area contributed by atoms with Crippen molar-refractivity contribution in [3.05, 3.63) is 11.8 Å². The quantitative estimate of drug-likeness (QED) is 0.598. The van der Waals surface area contributed by atoms with Crippen LogP contribution in [0.15, 0.2) is 11.8 Å². The van der Waals surface area contributed by atoms with Gasteiger partial charge in [-0.15, -0.1) is 0 Å². The number of primary amides is 1. The first-order valence-corrected chi connectivity index (χ1v) is 4.08. The van der Waals surface area contributed by atoms with Crippen LogP contribution in [0.25, 0.3) is 0 Å². The van der Waals surface area contributed by atoms with Gasteiger partial charge in [0.1, 0.15) is 6.61 Å². The van der Waals surface area contributed by atoms with Crippen molar-refractivity contribution in [3.8, 4) is 0 Å². The first-order chi connectivity index (χ1) is 6.18. The highest BCUT2D eigenvalue weighted by atomic mass is 16.5. The van der Waals surface area contributed by atoms with Gasteiger partial charge < -0.3 is 15.8 Å². The monoisotopic (exact) mass is 184 g/mol. The van der Waals surface area contributed by atoms with Crippen molar-refractivity contribution in [1.82, 2.24) is 5.32 Å². The third kappa shape index (κ3) is 3.59. The van der Waals surface area contributed by atoms with Gasteiger partial charge in [-0.1, -0.05) is 0 Å². The van der Waals surface area contributed by atoms with Crippen LogP contribution in [-0.4, -0.2) is 25.0 Å². The molecule has 0 heterocycles. The number of hydrogen-bond donors (Lipinski definition) is 2. The molecule has 0 fully saturated rings. The van der Waals surface area contributed by atoms with Crippen LogP contribution in [0, 0.1) is 0 Å². The Kier molecular flexibility index (Phi) is 3.31. The average molecular weight is 184 g/mol. The third-order valence-corrected chi connectivity index (χ3v) is 1.67. The van der Waals surface area contributed by atoms with Gasteiger partial charge in [-0.3, -0.25) is 4.79 Å². The van der Waals surface area contributed by atoms with Crippen LogP contribution in [-0.2, 0) is 9.53 Å². The van der Waals surface area contributed by atoms with E-state index in [0.29, 0.717) is 13.0 Å². The number of ketones is 1. The zero-order chi connectivity index (χ0) is 9.68. The lowest BCUT2D eigenvalue weighted by atomic mass is 10.3. The number of carbonyl (C=O) groups excluding carboxylic acids is 2. The van der Waals surface area contributed by atoms with E-state index in [1.807, 2.05) is 0 Å². The number of ether oxygens (including phenoxy) is 1. The first-order valence-electron chi connectivity index (χ1n) is 4.08. The summed E-state index contributed by atoms with van der Waals surface area (Å²) in [7, 11) is 0. The topological polar surface area (TPSA) is 81.4 Å². The van der Waals surface area contributed by atoms with Gasteiger partial charge in [-0.25, -0.2) is 4.79 Å². The first kappa shape index (κ1) is 9.57. The highest BCUT2D eigenvalue weighted by Crippen LogP contribution is 2.10. The maximum absolute atomic E-state index is 10.8. The van der Waals surface area contributed by atoms with Crippen molar-refractivity contribution >= 4 is 11.9 Å². The highest BCUT2D eigenvalue weighted by molar-refractivity contribution is 5.92. The molecule has 0 spiro atoms. The molecular formula is C8H12N2O3. The Morgan fingerprint density at radius 2 is 2.38 bits per heavy atom. The number of carbonyl (C=O) groups is 2. The Bertz CT molecular complexity index is 248. The number of allylic oxidation sites excluding steroid dienone is 2. The molecule has 1 amide bonds. The summed E-state index contributed by atoms with van der Waals surface area (Å²) in [6, 6.07) is 0. The number of nitrogens with one attached hydrogen (secondary N) is 1. The number of rotatable bonds is 4. The Balaban J connectivity index is 2.10. The predicted octanol–water partition coefficient (Wildman–Crippen LogP) is -0.0819. The second-order valence-electron chi connectivity index (χ2n) is 2.73. The second-order valence-corrected chi connectivity index (χ2v) is 2.73. The van der Waals surface area contributed by atoms with E-state index in [1.54, 1.807) is 6.08 Å². The molecule has 0 saturated carbocycles. The summed E-state index contributed by atoms with van der Waals surface area (Å²) in [5.41, 5.74) is 5.65. The van der Waals surface area contributed by atoms with Crippen LogP contribution >= 0.6 is 0 Å². The molecule has 5 nitrogen and oxygen atoms in total. The SMILES string of the molecule is NC(=O)OCCNC1=CC(=O)CC1. The lowest BCUT2D eigenvalue weighted by molar-refractivity contribution is -0.114. The normalized spacial score (nSPS) is 15.4. The second kappa shape index (κ2) is 4.49. The van der Waals surface area contributed by atoms with Gasteiger partial charge in [-0.2, -0.15) is 0 Å². The minimum absolute atomic E-state index is 0.137. The van der Waals surface area contributed by atoms with E-state index in [0.717, 1.165) is 12.1 Å². The largest absolute Gasteiger partial charge is 0.448 e. The maximum atomic E-state index is 10.8. The molecule has 0 aliphatic heterocycles. The van der Waals surface area contributed by atoms with E-state index < -0.39 is 6.09 Å². The number of nitrogens with two attached hydrogens (primary N) is 1. The van der Waals surface area contributed by atoms with Crippen LogP contribution in [0.2, 0.25) is 0 Å². The third-order valence-electron chi connectivity index (χ3n) is 1.67. The van der Waals surface area contributed by atoms with Gasteiger partial charge in [0.05, 0.1) is 0 Å². The van der Waals surface area contributed by atoms with E-state index >= 15 is 0 Å². The van der Waals surface area contributed by atoms with Crippen LogP contribution in [0.5, 0.6) is 0 Å². The van der Waals surface area contributed by atoms with Gasteiger partial charge in [0, 0.05) is 24.7 Å². The summed E-state index contributed by atoms with van der Waals surface area (Å²) in [4.78, 5) is 20.9. The molecule has 0 unspecified atom stereocenters. The van der Waals surface area contributed by atoms with Crippen LogP contribution in [0.1, 0.15) is 12.8 Å². The zero-order valence-corrected chi connectivity index (χ0v) is 7.21. The van der Waals surface area contributed by atoms with Gasteiger partial charge in [0.25, 0.3) is 0 Å². The molecule has 0 aromatic heterocycles. The molecule has 0 aromatic carbocycles. The van der Waals surface area contributed by atoms with E-state index in [9.17, 15) is 9.59 Å². The molecule has 1 rings (SSSR count). The molecule has 13 heavy (non-hydrogen) atoms. The molecule has 0 atom stereocenters. The van der Waals surface area contributed by atoms with Gasteiger partial charge >= 0.3 is 6.09 Å². The summed E-state index contributed by atoms with van der Waals surface area (Å²) in [6.07, 6.45) is 2.11. The van der Waals surface area contributed by atoms with E-state index in [2.05, 4.69) is 10.1 Å². The molecule has 0 bridgehead atoms. The number of hydrogen-bond acceptors (Lipinski definition) is 4. The predicted molar refractivity (Wildman–Crippen MR) is 45.9 cm³/mol. The van der Waals surface area contributed by atoms with E-state index in [1.165, 1.54) is 0 Å². The van der Waals surface area contributed by atoms with Crippen molar-refractivity contribution in [2.75, 3.05) is 13.2 Å². The lowest BCUT2D eigenvalue weighted by Gasteiger charge is -2.05. The minimum Gasteiger partial charge on any atom is -0.448 e. The summed E-state index contributed by atoms with van der Waals surface area (Å²) < 4.78 is 4.49. The fourth-order valence-electron chi connectivity index (χ4n) is 1.10. The van der Waals surface area contributed by atoms with Gasteiger partial charge in [0.15, 0.2) is 5.78 Å². The van der Waals surface area contributed by atoms with E-state index in [-0.39, 0.29) is 12.4 Å². The lowest BCUT2D eigenvalue weighted by Crippen LogP contribution is -2.22. The van der Waals surface area contributed by atoms with Crippen LogP contribution in [0.4, 0.5) is 4.79 Å². The molecule has 1 aliphatic carbocycles. The Morgan fingerprint density at radius 3 is 2.92 bits per heavy atom. The molecule has 0 radical (unpaired) electrons. The Labute approximate surface area is 75.9 Å². The molecule has 3 N–H and O–H groups in total. The maximum Gasteiger partial charge on any atom is 0.404 e. The molecule has 1 aliphatic rings. The summed E-state index contributed by atoms with van der Waals surface area (Å²) in [6.45, 7) is 0.711. The van der Waals surface area contributed by atoms with Gasteiger partial charge in [-0.05, 0) is 6.42 Å². The average Bonchev–Trinajstić information content (AvgIpc) is 2.45. The Morgan fingerprint density at radius 1 is 1.62 bits per heavy atom. The van der Waals surface area contributed by atoms with Crippen LogP contribution in [0.3, 0.4) is 0 Å². The molecule has 0 aromatic rings. The van der Waals surface area contributed by atoms with Crippen molar-refractivity contribution in [2.45, 2.75) is 12.8 Å². The van der Waals surface area contributed by atoms with Crippen molar-refractivity contribution in [2.24, 2.45) is 5.73 Å². The summed E-state index contributed by atoms with van der Waals surface area (Å²) in [5.74, 6) is 0.137. The molecule has 0 saturated heterocycles. The highest BCUT2D eigenvalue weighted by Gasteiger charge is 2.10. The molecular weight excluding hydrogens is 172 g/mol. The van der Waals surface area contributed by atoms with Crippen molar-refractivity contribution in [1.29, 1.82) is 0 Å².